The summed E-state index contributed by atoms with van der Waals surface area (Å²) in [6.45, 7) is 6.54. The van der Waals surface area contributed by atoms with E-state index < -0.39 is 0 Å². The highest BCUT2D eigenvalue weighted by Gasteiger charge is 2.33. The Balaban J connectivity index is 1.66. The lowest BCUT2D eigenvalue weighted by Crippen LogP contribution is -2.27. The van der Waals surface area contributed by atoms with Crippen LogP contribution in [0.5, 0.6) is 11.5 Å². The first-order valence-corrected chi connectivity index (χ1v) is 13.2. The Labute approximate surface area is 230 Å². The summed E-state index contributed by atoms with van der Waals surface area (Å²) in [6.07, 6.45) is 4.19. The number of halogens is 2. The predicted octanol–water partition coefficient (Wildman–Crippen LogP) is 8.11. The molecule has 0 spiro atoms. The fraction of sp³-hybridized carbons (Fsp3) is 0.143. The van der Waals surface area contributed by atoms with Gasteiger partial charge in [-0.1, -0.05) is 77.5 Å². The van der Waals surface area contributed by atoms with Crippen LogP contribution >= 0.6 is 47.2 Å². The molecule has 0 N–H and O–H groups in total. The molecular weight excluding hydrogens is 533 g/mol. The van der Waals surface area contributed by atoms with E-state index in [9.17, 15) is 4.79 Å². The number of nitrogens with zero attached hydrogens (tertiary/aromatic N) is 1. The molecule has 36 heavy (non-hydrogen) atoms. The summed E-state index contributed by atoms with van der Waals surface area (Å²) in [5.74, 6) is 1.05. The van der Waals surface area contributed by atoms with Crippen LogP contribution in [0.25, 0.3) is 6.08 Å². The molecule has 1 aliphatic heterocycles. The molecule has 0 aliphatic carbocycles. The summed E-state index contributed by atoms with van der Waals surface area (Å²) in [5, 5.41) is 0.960. The number of rotatable bonds is 9. The van der Waals surface area contributed by atoms with Crippen molar-refractivity contribution in [3.05, 3.63) is 105 Å². The average Bonchev–Trinajstić information content (AvgIpc) is 3.14. The third kappa shape index (κ3) is 5.95. The largest absolute Gasteiger partial charge is 0.490 e. The van der Waals surface area contributed by atoms with Gasteiger partial charge in [-0.25, -0.2) is 0 Å². The monoisotopic (exact) mass is 555 g/mol. The highest BCUT2D eigenvalue weighted by atomic mass is 35.5. The number of ether oxygens (including phenoxy) is 2. The number of carbonyl (C=O) groups is 1. The summed E-state index contributed by atoms with van der Waals surface area (Å²) in [7, 11) is 0. The SMILES string of the molecule is C=CCc1cc(/C=C2/SC(=S)N(c3ccccc3)C2=O)cc(OCC)c1OCc1ccc(Cl)c(Cl)c1. The van der Waals surface area contributed by atoms with E-state index in [-0.39, 0.29) is 12.5 Å². The number of hydrogen-bond acceptors (Lipinski definition) is 5. The van der Waals surface area contributed by atoms with E-state index in [1.165, 1.54) is 11.8 Å². The molecule has 0 saturated carbocycles. The second-order valence-corrected chi connectivity index (χ2v) is 10.3. The highest BCUT2D eigenvalue weighted by Crippen LogP contribution is 2.39. The second-order valence-electron chi connectivity index (χ2n) is 7.82. The van der Waals surface area contributed by atoms with Crippen LogP contribution in [0.1, 0.15) is 23.6 Å². The summed E-state index contributed by atoms with van der Waals surface area (Å²) >= 11 is 19.0. The minimum absolute atomic E-state index is 0.153. The first-order chi connectivity index (χ1) is 17.4. The summed E-state index contributed by atoms with van der Waals surface area (Å²) in [6, 6.07) is 18.6. The molecular formula is C28H23Cl2NO3S2. The molecule has 184 valence electrons. The predicted molar refractivity (Wildman–Crippen MR) is 154 cm³/mol. The van der Waals surface area contributed by atoms with E-state index in [4.69, 9.17) is 44.9 Å². The van der Waals surface area contributed by atoms with E-state index in [0.717, 1.165) is 22.4 Å². The number of benzene rings is 3. The molecule has 3 aromatic rings. The maximum Gasteiger partial charge on any atom is 0.270 e. The van der Waals surface area contributed by atoms with Gasteiger partial charge in [0, 0.05) is 5.56 Å². The van der Waals surface area contributed by atoms with E-state index >= 15 is 0 Å². The Morgan fingerprint density at radius 3 is 2.53 bits per heavy atom. The maximum atomic E-state index is 13.2. The fourth-order valence-corrected chi connectivity index (χ4v) is 5.32. The first-order valence-electron chi connectivity index (χ1n) is 11.2. The Morgan fingerprint density at radius 1 is 1.06 bits per heavy atom. The van der Waals surface area contributed by atoms with Gasteiger partial charge >= 0.3 is 0 Å². The number of allylic oxidation sites excluding steroid dienone is 1. The Morgan fingerprint density at radius 2 is 1.83 bits per heavy atom. The van der Waals surface area contributed by atoms with Gasteiger partial charge in [-0.15, -0.1) is 6.58 Å². The lowest BCUT2D eigenvalue weighted by atomic mass is 10.0. The normalized spacial score (nSPS) is 14.4. The summed E-state index contributed by atoms with van der Waals surface area (Å²) < 4.78 is 12.6. The third-order valence-corrected chi connectivity index (χ3v) is 7.33. The number of thiocarbonyl (C=S) groups is 1. The highest BCUT2D eigenvalue weighted by molar-refractivity contribution is 8.27. The van der Waals surface area contributed by atoms with E-state index in [1.54, 1.807) is 23.1 Å². The Hall–Kier alpha value is -2.77. The lowest BCUT2D eigenvalue weighted by Gasteiger charge is -2.17. The minimum atomic E-state index is -0.153. The summed E-state index contributed by atoms with van der Waals surface area (Å²) in [5.41, 5.74) is 3.33. The minimum Gasteiger partial charge on any atom is -0.490 e. The van der Waals surface area contributed by atoms with E-state index in [1.807, 2.05) is 61.5 Å². The van der Waals surface area contributed by atoms with Crippen LogP contribution in [-0.2, 0) is 17.8 Å². The molecule has 1 saturated heterocycles. The zero-order chi connectivity index (χ0) is 25.7. The van der Waals surface area contributed by atoms with Gasteiger partial charge in [0.25, 0.3) is 5.91 Å². The van der Waals surface area contributed by atoms with Crippen LogP contribution < -0.4 is 14.4 Å². The van der Waals surface area contributed by atoms with E-state index in [2.05, 4.69) is 6.58 Å². The quantitative estimate of drug-likeness (QED) is 0.151. The maximum absolute atomic E-state index is 13.2. The topological polar surface area (TPSA) is 38.8 Å². The number of amides is 1. The van der Waals surface area contributed by atoms with Gasteiger partial charge in [0.2, 0.25) is 0 Å². The zero-order valence-corrected chi connectivity index (χ0v) is 22.6. The average molecular weight is 557 g/mol. The van der Waals surface area contributed by atoms with Crippen molar-refractivity contribution < 1.29 is 14.3 Å². The number of thioether (sulfide) groups is 1. The van der Waals surface area contributed by atoms with E-state index in [0.29, 0.717) is 43.8 Å². The van der Waals surface area contributed by atoms with Gasteiger partial charge in [0.05, 0.1) is 27.2 Å². The lowest BCUT2D eigenvalue weighted by molar-refractivity contribution is -0.113. The van der Waals surface area contributed by atoms with Crippen molar-refractivity contribution in [1.82, 2.24) is 0 Å². The van der Waals surface area contributed by atoms with Crippen molar-refractivity contribution in [3.8, 4) is 11.5 Å². The van der Waals surface area contributed by atoms with Gasteiger partial charge in [-0.2, -0.15) is 0 Å². The molecule has 0 atom stereocenters. The van der Waals surface area contributed by atoms with Crippen LogP contribution in [0.15, 0.2) is 78.2 Å². The van der Waals surface area contributed by atoms with Gasteiger partial charge in [-0.3, -0.25) is 9.69 Å². The zero-order valence-electron chi connectivity index (χ0n) is 19.5. The van der Waals surface area contributed by atoms with Crippen molar-refractivity contribution in [3.63, 3.8) is 0 Å². The Bertz CT molecular complexity index is 1340. The number of anilines is 1. The van der Waals surface area contributed by atoms with Crippen molar-refractivity contribution in [2.45, 2.75) is 20.0 Å². The Kier molecular flexibility index (Phi) is 8.75. The smallest absolute Gasteiger partial charge is 0.270 e. The van der Waals surface area contributed by atoms with Crippen LogP contribution in [0, 0.1) is 0 Å². The standard InChI is InChI=1S/C28H23Cl2NO3S2/c1-3-8-20-13-19(16-25-27(32)31(28(35)36-25)21-9-6-5-7-10-21)15-24(33-4-2)26(20)34-17-18-11-12-22(29)23(30)14-18/h3,5-7,9-16H,1,4,8,17H2,2H3/b25-16+. The molecule has 4 rings (SSSR count). The molecule has 1 heterocycles. The molecule has 0 aromatic heterocycles. The van der Waals surface area contributed by atoms with Gasteiger partial charge in [-0.05, 0) is 66.9 Å². The van der Waals surface area contributed by atoms with Crippen molar-refractivity contribution in [1.29, 1.82) is 0 Å². The molecule has 1 amide bonds. The molecule has 8 heteroatoms. The number of hydrogen-bond donors (Lipinski definition) is 0. The molecule has 0 radical (unpaired) electrons. The van der Waals surface area contributed by atoms with Gasteiger partial charge in [0.1, 0.15) is 6.61 Å². The number of carbonyl (C=O) groups excluding carboxylic acids is 1. The van der Waals surface area contributed by atoms with Crippen molar-refractivity contribution in [2.75, 3.05) is 11.5 Å². The number of para-hydroxylation sites is 1. The third-order valence-electron chi connectivity index (χ3n) is 5.29. The first kappa shape index (κ1) is 26.3. The van der Waals surface area contributed by atoms with Crippen LogP contribution in [0.3, 0.4) is 0 Å². The fourth-order valence-electron chi connectivity index (χ4n) is 3.70. The van der Waals surface area contributed by atoms with Gasteiger partial charge < -0.3 is 9.47 Å². The van der Waals surface area contributed by atoms with Crippen LogP contribution in [0.4, 0.5) is 5.69 Å². The molecule has 3 aromatic carbocycles. The summed E-state index contributed by atoms with van der Waals surface area (Å²) in [4.78, 5) is 15.3. The van der Waals surface area contributed by atoms with Crippen molar-refractivity contribution in [2.24, 2.45) is 0 Å². The molecule has 1 fully saturated rings. The van der Waals surface area contributed by atoms with Crippen molar-refractivity contribution >= 4 is 69.2 Å². The molecule has 4 nitrogen and oxygen atoms in total. The van der Waals surface area contributed by atoms with Gasteiger partial charge in [0.15, 0.2) is 15.8 Å². The molecule has 1 aliphatic rings. The molecule has 0 unspecified atom stereocenters. The van der Waals surface area contributed by atoms with Crippen LogP contribution in [-0.4, -0.2) is 16.8 Å². The van der Waals surface area contributed by atoms with Crippen LogP contribution in [0.2, 0.25) is 10.0 Å². The second kappa shape index (κ2) is 12.0. The molecule has 0 bridgehead atoms.